The molecule has 1 heterocycles. The average molecular weight is 467 g/mol. The summed E-state index contributed by atoms with van der Waals surface area (Å²) in [5.41, 5.74) is 0.560. The Morgan fingerprint density at radius 2 is 1.88 bits per heavy atom. The van der Waals surface area contributed by atoms with Crippen LogP contribution in [0.15, 0.2) is 53.4 Å². The standard InChI is InChI=1S/C22H24F2N2O5S/c1-2-30-19-11-10-17(15-20(19)32(28,29)26-13-5-6-14-26)25-21(27)12-9-16-7-3-4-8-18(16)31-22(23)24/h3-4,7-12,15,22H,2,5-6,13-14H2,1H3,(H,25,27)/b12-9+. The van der Waals surface area contributed by atoms with Crippen molar-refractivity contribution in [3.63, 3.8) is 0 Å². The lowest BCUT2D eigenvalue weighted by Gasteiger charge is -2.19. The van der Waals surface area contributed by atoms with E-state index < -0.39 is 22.5 Å². The molecule has 1 N–H and O–H groups in total. The lowest BCUT2D eigenvalue weighted by Crippen LogP contribution is -2.28. The Bertz CT molecular complexity index is 1080. The molecule has 2 aromatic rings. The number of carbonyl (C=O) groups excluding carboxylic acids is 1. The molecule has 32 heavy (non-hydrogen) atoms. The van der Waals surface area contributed by atoms with Crippen LogP contribution in [-0.2, 0) is 14.8 Å². The third-order valence-electron chi connectivity index (χ3n) is 4.74. The van der Waals surface area contributed by atoms with E-state index in [0.717, 1.165) is 18.9 Å². The molecule has 0 atom stereocenters. The van der Waals surface area contributed by atoms with Crippen LogP contribution < -0.4 is 14.8 Å². The fourth-order valence-electron chi connectivity index (χ4n) is 3.30. The Kier molecular flexibility index (Phi) is 7.81. The second-order valence-corrected chi connectivity index (χ2v) is 8.85. The van der Waals surface area contributed by atoms with Crippen LogP contribution in [0, 0.1) is 0 Å². The summed E-state index contributed by atoms with van der Waals surface area (Å²) in [6, 6.07) is 10.4. The molecule has 3 rings (SSSR count). The minimum Gasteiger partial charge on any atom is -0.492 e. The predicted octanol–water partition coefficient (Wildman–Crippen LogP) is 4.12. The molecule has 1 aliphatic rings. The molecule has 1 aliphatic heterocycles. The van der Waals surface area contributed by atoms with Crippen LogP contribution >= 0.6 is 0 Å². The molecule has 0 radical (unpaired) electrons. The maximum absolute atomic E-state index is 13.0. The number of carbonyl (C=O) groups is 1. The van der Waals surface area contributed by atoms with E-state index in [2.05, 4.69) is 10.1 Å². The number of benzene rings is 2. The number of alkyl halides is 2. The van der Waals surface area contributed by atoms with E-state index in [1.807, 2.05) is 0 Å². The van der Waals surface area contributed by atoms with Crippen molar-refractivity contribution in [1.29, 1.82) is 0 Å². The second-order valence-electron chi connectivity index (χ2n) is 6.94. The van der Waals surface area contributed by atoms with Crippen molar-refractivity contribution in [2.75, 3.05) is 25.0 Å². The summed E-state index contributed by atoms with van der Waals surface area (Å²) in [4.78, 5) is 12.4. The number of anilines is 1. The molecule has 0 aliphatic carbocycles. The van der Waals surface area contributed by atoms with Crippen LogP contribution in [0.2, 0.25) is 0 Å². The van der Waals surface area contributed by atoms with E-state index in [1.54, 1.807) is 13.0 Å². The lowest BCUT2D eigenvalue weighted by atomic mass is 10.2. The largest absolute Gasteiger partial charge is 0.492 e. The number of halogens is 2. The molecule has 0 saturated carbocycles. The van der Waals surface area contributed by atoms with E-state index in [4.69, 9.17) is 4.74 Å². The third kappa shape index (κ3) is 5.83. The van der Waals surface area contributed by atoms with Crippen LogP contribution in [0.25, 0.3) is 6.08 Å². The topological polar surface area (TPSA) is 84.9 Å². The maximum Gasteiger partial charge on any atom is 0.387 e. The van der Waals surface area contributed by atoms with Crippen molar-refractivity contribution in [2.24, 2.45) is 0 Å². The van der Waals surface area contributed by atoms with Gasteiger partial charge in [0.1, 0.15) is 16.4 Å². The minimum atomic E-state index is -3.77. The number of sulfonamides is 1. The van der Waals surface area contributed by atoms with Gasteiger partial charge >= 0.3 is 6.61 Å². The van der Waals surface area contributed by atoms with Gasteiger partial charge in [0.05, 0.1) is 6.61 Å². The number of rotatable bonds is 9. The molecule has 0 aromatic heterocycles. The lowest BCUT2D eigenvalue weighted by molar-refractivity contribution is -0.111. The molecule has 10 heteroatoms. The number of nitrogens with one attached hydrogen (secondary N) is 1. The molecule has 1 amide bonds. The number of ether oxygens (including phenoxy) is 2. The molecular formula is C22H24F2N2O5S. The molecule has 0 spiro atoms. The summed E-state index contributed by atoms with van der Waals surface area (Å²) in [6.07, 6.45) is 4.07. The molecule has 1 saturated heterocycles. The van der Waals surface area contributed by atoms with Gasteiger partial charge in [-0.1, -0.05) is 18.2 Å². The highest BCUT2D eigenvalue weighted by atomic mass is 32.2. The van der Waals surface area contributed by atoms with Crippen molar-refractivity contribution >= 4 is 27.7 Å². The Morgan fingerprint density at radius 3 is 2.56 bits per heavy atom. The molecule has 2 aromatic carbocycles. The first-order valence-corrected chi connectivity index (χ1v) is 11.5. The Labute approximate surface area is 185 Å². The average Bonchev–Trinajstić information content (AvgIpc) is 3.30. The van der Waals surface area contributed by atoms with Crippen LogP contribution in [0.3, 0.4) is 0 Å². The minimum absolute atomic E-state index is 0.0151. The Balaban J connectivity index is 1.80. The smallest absolute Gasteiger partial charge is 0.387 e. The third-order valence-corrected chi connectivity index (χ3v) is 6.66. The van der Waals surface area contributed by atoms with Crippen LogP contribution in [0.5, 0.6) is 11.5 Å². The molecule has 1 fully saturated rings. The maximum atomic E-state index is 13.0. The fraction of sp³-hybridized carbons (Fsp3) is 0.318. The fourth-order valence-corrected chi connectivity index (χ4v) is 4.97. The highest BCUT2D eigenvalue weighted by Crippen LogP contribution is 2.31. The summed E-state index contributed by atoms with van der Waals surface area (Å²) in [7, 11) is -3.77. The first-order valence-electron chi connectivity index (χ1n) is 10.1. The Hall–Kier alpha value is -2.98. The summed E-state index contributed by atoms with van der Waals surface area (Å²) >= 11 is 0. The summed E-state index contributed by atoms with van der Waals surface area (Å²) < 4.78 is 62.5. The van der Waals surface area contributed by atoms with E-state index >= 15 is 0 Å². The molecule has 0 unspecified atom stereocenters. The monoisotopic (exact) mass is 466 g/mol. The van der Waals surface area contributed by atoms with E-state index in [-0.39, 0.29) is 28.7 Å². The van der Waals surface area contributed by atoms with Gasteiger partial charge in [-0.15, -0.1) is 0 Å². The van der Waals surface area contributed by atoms with Gasteiger partial charge in [0, 0.05) is 30.4 Å². The molecule has 0 bridgehead atoms. The van der Waals surface area contributed by atoms with Gasteiger partial charge in [-0.2, -0.15) is 13.1 Å². The van der Waals surface area contributed by atoms with E-state index in [0.29, 0.717) is 18.7 Å². The SMILES string of the molecule is CCOc1ccc(NC(=O)/C=C/c2ccccc2OC(F)F)cc1S(=O)(=O)N1CCCC1. The van der Waals surface area contributed by atoms with E-state index in [1.165, 1.54) is 46.8 Å². The second kappa shape index (κ2) is 10.6. The zero-order chi connectivity index (χ0) is 23.1. The van der Waals surface area contributed by atoms with Crippen molar-refractivity contribution in [3.8, 4) is 11.5 Å². The zero-order valence-corrected chi connectivity index (χ0v) is 18.3. The van der Waals surface area contributed by atoms with Crippen molar-refractivity contribution in [1.82, 2.24) is 4.31 Å². The van der Waals surface area contributed by atoms with E-state index in [9.17, 15) is 22.0 Å². The highest BCUT2D eigenvalue weighted by Gasteiger charge is 2.30. The number of nitrogens with zero attached hydrogens (tertiary/aromatic N) is 1. The molecule has 7 nitrogen and oxygen atoms in total. The van der Waals surface area contributed by atoms with Gasteiger partial charge in [-0.05, 0) is 50.1 Å². The normalized spacial score (nSPS) is 14.8. The van der Waals surface area contributed by atoms with Gasteiger partial charge in [0.15, 0.2) is 0 Å². The summed E-state index contributed by atoms with van der Waals surface area (Å²) in [5.74, 6) is -0.414. The number of amides is 1. The van der Waals surface area contributed by atoms with Gasteiger partial charge in [-0.3, -0.25) is 4.79 Å². The van der Waals surface area contributed by atoms with Crippen molar-refractivity contribution in [3.05, 3.63) is 54.1 Å². The van der Waals surface area contributed by atoms with Gasteiger partial charge in [0.25, 0.3) is 0 Å². The van der Waals surface area contributed by atoms with Gasteiger partial charge in [-0.25, -0.2) is 8.42 Å². The number of para-hydroxylation sites is 1. The van der Waals surface area contributed by atoms with Crippen molar-refractivity contribution in [2.45, 2.75) is 31.3 Å². The molecule has 172 valence electrons. The number of hydrogen-bond acceptors (Lipinski definition) is 5. The first-order chi connectivity index (χ1) is 15.3. The van der Waals surface area contributed by atoms with Gasteiger partial charge < -0.3 is 14.8 Å². The van der Waals surface area contributed by atoms with Crippen LogP contribution in [0.1, 0.15) is 25.3 Å². The van der Waals surface area contributed by atoms with Gasteiger partial charge in [0.2, 0.25) is 15.9 Å². The zero-order valence-electron chi connectivity index (χ0n) is 17.5. The summed E-state index contributed by atoms with van der Waals surface area (Å²) in [6.45, 7) is -0.0711. The highest BCUT2D eigenvalue weighted by molar-refractivity contribution is 7.89. The van der Waals surface area contributed by atoms with Crippen LogP contribution in [-0.4, -0.2) is 44.9 Å². The van der Waals surface area contributed by atoms with Crippen LogP contribution in [0.4, 0.5) is 14.5 Å². The Morgan fingerprint density at radius 1 is 1.16 bits per heavy atom. The predicted molar refractivity (Wildman–Crippen MR) is 116 cm³/mol. The first kappa shape index (κ1) is 23.7. The summed E-state index contributed by atoms with van der Waals surface area (Å²) in [5, 5.41) is 2.59. The van der Waals surface area contributed by atoms with Crippen molar-refractivity contribution < 1.29 is 31.5 Å². The molecular weight excluding hydrogens is 442 g/mol. The quantitative estimate of drug-likeness (QED) is 0.562. The number of hydrogen-bond donors (Lipinski definition) is 1.